The van der Waals surface area contributed by atoms with Crippen molar-refractivity contribution in [2.75, 3.05) is 5.32 Å². The SMILES string of the molecule is Cc1nc(C)c(CNc2ccc3ncsc3c2)s1. The molecule has 0 unspecified atom stereocenters. The first kappa shape index (κ1) is 11.6. The molecule has 0 radical (unpaired) electrons. The van der Waals surface area contributed by atoms with Crippen LogP contribution in [0.1, 0.15) is 15.6 Å². The minimum atomic E-state index is 0.835. The normalized spacial score (nSPS) is 11.0. The van der Waals surface area contributed by atoms with E-state index in [1.165, 1.54) is 9.58 Å². The van der Waals surface area contributed by atoms with E-state index >= 15 is 0 Å². The zero-order chi connectivity index (χ0) is 12.5. The average molecular weight is 275 g/mol. The van der Waals surface area contributed by atoms with Crippen LogP contribution in [-0.4, -0.2) is 9.97 Å². The molecular formula is C13H13N3S2. The number of anilines is 1. The van der Waals surface area contributed by atoms with Crippen LogP contribution in [0, 0.1) is 13.8 Å². The molecule has 0 amide bonds. The molecule has 0 atom stereocenters. The second-order valence-electron chi connectivity index (χ2n) is 4.13. The molecule has 18 heavy (non-hydrogen) atoms. The lowest BCUT2D eigenvalue weighted by molar-refractivity contribution is 1.11. The first-order chi connectivity index (χ1) is 8.72. The van der Waals surface area contributed by atoms with Crippen molar-refractivity contribution in [3.63, 3.8) is 0 Å². The van der Waals surface area contributed by atoms with Gasteiger partial charge in [0.2, 0.25) is 0 Å². The van der Waals surface area contributed by atoms with Gasteiger partial charge in [0.15, 0.2) is 0 Å². The van der Waals surface area contributed by atoms with Crippen LogP contribution in [0.15, 0.2) is 23.7 Å². The highest BCUT2D eigenvalue weighted by Gasteiger charge is 2.05. The molecule has 1 N–H and O–H groups in total. The van der Waals surface area contributed by atoms with Gasteiger partial charge in [0.25, 0.3) is 0 Å². The van der Waals surface area contributed by atoms with Crippen molar-refractivity contribution < 1.29 is 0 Å². The monoisotopic (exact) mass is 275 g/mol. The van der Waals surface area contributed by atoms with E-state index in [0.717, 1.165) is 28.5 Å². The summed E-state index contributed by atoms with van der Waals surface area (Å²) in [5.74, 6) is 0. The van der Waals surface area contributed by atoms with Crippen LogP contribution in [0.2, 0.25) is 0 Å². The lowest BCUT2D eigenvalue weighted by atomic mass is 10.3. The molecule has 0 aliphatic heterocycles. The summed E-state index contributed by atoms with van der Waals surface area (Å²) < 4.78 is 1.22. The highest BCUT2D eigenvalue weighted by Crippen LogP contribution is 2.23. The number of aryl methyl sites for hydroxylation is 2. The molecular weight excluding hydrogens is 262 g/mol. The van der Waals surface area contributed by atoms with Crippen molar-refractivity contribution in [3.05, 3.63) is 39.3 Å². The Labute approximate surface area is 114 Å². The molecule has 5 heteroatoms. The summed E-state index contributed by atoms with van der Waals surface area (Å²) in [6, 6.07) is 6.28. The number of nitrogens with zero attached hydrogens (tertiary/aromatic N) is 2. The second-order valence-corrected chi connectivity index (χ2v) is 6.30. The third-order valence-corrected chi connectivity index (χ3v) is 4.65. The fourth-order valence-corrected chi connectivity index (χ4v) is 3.48. The molecule has 3 nitrogen and oxygen atoms in total. The van der Waals surface area contributed by atoms with E-state index in [4.69, 9.17) is 0 Å². The van der Waals surface area contributed by atoms with Crippen molar-refractivity contribution >= 4 is 38.6 Å². The van der Waals surface area contributed by atoms with Crippen LogP contribution in [0.25, 0.3) is 10.2 Å². The first-order valence-corrected chi connectivity index (χ1v) is 7.42. The van der Waals surface area contributed by atoms with Gasteiger partial charge in [-0.2, -0.15) is 0 Å². The van der Waals surface area contributed by atoms with E-state index in [2.05, 4.69) is 40.4 Å². The van der Waals surface area contributed by atoms with E-state index in [1.807, 2.05) is 12.4 Å². The maximum Gasteiger partial charge on any atom is 0.0900 e. The summed E-state index contributed by atoms with van der Waals surface area (Å²) in [6.07, 6.45) is 0. The number of nitrogens with one attached hydrogen (secondary N) is 1. The van der Waals surface area contributed by atoms with Crippen LogP contribution in [0.3, 0.4) is 0 Å². The maximum absolute atomic E-state index is 4.44. The molecule has 0 fully saturated rings. The van der Waals surface area contributed by atoms with Gasteiger partial charge in [0.05, 0.1) is 33.0 Å². The Morgan fingerprint density at radius 3 is 2.94 bits per heavy atom. The number of hydrogen-bond acceptors (Lipinski definition) is 5. The van der Waals surface area contributed by atoms with Crippen LogP contribution in [-0.2, 0) is 6.54 Å². The lowest BCUT2D eigenvalue weighted by Gasteiger charge is -2.05. The molecule has 3 rings (SSSR count). The summed E-state index contributed by atoms with van der Waals surface area (Å²) in [5.41, 5.74) is 5.21. The molecule has 0 saturated carbocycles. The molecule has 1 aromatic carbocycles. The summed E-state index contributed by atoms with van der Waals surface area (Å²) in [7, 11) is 0. The summed E-state index contributed by atoms with van der Waals surface area (Å²) in [5, 5.41) is 4.57. The third-order valence-electron chi connectivity index (χ3n) is 2.78. The molecule has 0 saturated heterocycles. The summed E-state index contributed by atoms with van der Waals surface area (Å²) in [4.78, 5) is 10.0. The van der Waals surface area contributed by atoms with Gasteiger partial charge >= 0.3 is 0 Å². The van der Waals surface area contributed by atoms with Gasteiger partial charge in [-0.15, -0.1) is 22.7 Å². The van der Waals surface area contributed by atoms with E-state index < -0.39 is 0 Å². The van der Waals surface area contributed by atoms with E-state index in [-0.39, 0.29) is 0 Å². The third kappa shape index (κ3) is 2.23. The van der Waals surface area contributed by atoms with Crippen molar-refractivity contribution in [2.24, 2.45) is 0 Å². The van der Waals surface area contributed by atoms with Crippen molar-refractivity contribution in [3.8, 4) is 0 Å². The molecule has 0 aliphatic carbocycles. The van der Waals surface area contributed by atoms with Gasteiger partial charge in [-0.05, 0) is 32.0 Å². The van der Waals surface area contributed by atoms with Crippen LogP contribution in [0.4, 0.5) is 5.69 Å². The van der Waals surface area contributed by atoms with Crippen LogP contribution < -0.4 is 5.32 Å². The maximum atomic E-state index is 4.44. The van der Waals surface area contributed by atoms with Gasteiger partial charge in [-0.25, -0.2) is 9.97 Å². The molecule has 92 valence electrons. The van der Waals surface area contributed by atoms with Crippen molar-refractivity contribution in [2.45, 2.75) is 20.4 Å². The van der Waals surface area contributed by atoms with E-state index in [0.29, 0.717) is 0 Å². The van der Waals surface area contributed by atoms with Gasteiger partial charge in [0.1, 0.15) is 0 Å². The number of fused-ring (bicyclic) bond motifs is 1. The van der Waals surface area contributed by atoms with Crippen LogP contribution in [0.5, 0.6) is 0 Å². The Morgan fingerprint density at radius 2 is 2.17 bits per heavy atom. The van der Waals surface area contributed by atoms with Crippen molar-refractivity contribution in [1.29, 1.82) is 0 Å². The Hall–Kier alpha value is -1.46. The highest BCUT2D eigenvalue weighted by molar-refractivity contribution is 7.16. The Balaban J connectivity index is 1.78. The number of hydrogen-bond donors (Lipinski definition) is 1. The average Bonchev–Trinajstić information content (AvgIpc) is 2.92. The zero-order valence-electron chi connectivity index (χ0n) is 10.2. The van der Waals surface area contributed by atoms with Gasteiger partial charge in [-0.3, -0.25) is 0 Å². The van der Waals surface area contributed by atoms with Crippen LogP contribution >= 0.6 is 22.7 Å². The minimum absolute atomic E-state index is 0.835. The predicted molar refractivity (Wildman–Crippen MR) is 78.5 cm³/mol. The molecule has 2 aromatic heterocycles. The number of rotatable bonds is 3. The smallest absolute Gasteiger partial charge is 0.0900 e. The zero-order valence-corrected chi connectivity index (χ0v) is 11.9. The Kier molecular flexibility index (Phi) is 3.01. The van der Waals surface area contributed by atoms with E-state index in [9.17, 15) is 0 Å². The van der Waals surface area contributed by atoms with Gasteiger partial charge in [-0.1, -0.05) is 0 Å². The number of thiazole rings is 2. The molecule has 2 heterocycles. The van der Waals surface area contributed by atoms with Gasteiger partial charge < -0.3 is 5.32 Å². The fraction of sp³-hybridized carbons (Fsp3) is 0.231. The highest BCUT2D eigenvalue weighted by atomic mass is 32.1. The number of benzene rings is 1. The van der Waals surface area contributed by atoms with E-state index in [1.54, 1.807) is 22.7 Å². The van der Waals surface area contributed by atoms with Gasteiger partial charge in [0, 0.05) is 10.6 Å². The lowest BCUT2D eigenvalue weighted by Crippen LogP contribution is -1.98. The standard InChI is InChI=1S/C13H13N3S2/c1-8-13(18-9(2)16-8)6-14-10-3-4-11-12(5-10)17-7-15-11/h3-5,7,14H,6H2,1-2H3. The van der Waals surface area contributed by atoms with Crippen molar-refractivity contribution in [1.82, 2.24) is 9.97 Å². The second kappa shape index (κ2) is 4.66. The predicted octanol–water partition coefficient (Wildman–Crippen LogP) is 3.98. The quantitative estimate of drug-likeness (QED) is 0.785. The largest absolute Gasteiger partial charge is 0.380 e. The molecule has 3 aromatic rings. The molecule has 0 spiro atoms. The first-order valence-electron chi connectivity index (χ1n) is 5.72. The minimum Gasteiger partial charge on any atom is -0.380 e. The summed E-state index contributed by atoms with van der Waals surface area (Å²) >= 11 is 3.43. The molecule has 0 bridgehead atoms. The number of aromatic nitrogens is 2. The molecule has 0 aliphatic rings. The summed E-state index contributed by atoms with van der Waals surface area (Å²) in [6.45, 7) is 4.94. The topological polar surface area (TPSA) is 37.8 Å². The fourth-order valence-electron chi connectivity index (χ4n) is 1.88. The Bertz CT molecular complexity index is 684. The Morgan fingerprint density at radius 1 is 1.28 bits per heavy atom.